The monoisotopic (exact) mass is 373 g/mol. The van der Waals surface area contributed by atoms with Gasteiger partial charge in [0, 0.05) is 39.1 Å². The first-order valence-electron chi connectivity index (χ1n) is 8.20. The molecule has 0 spiro atoms. The lowest BCUT2D eigenvalue weighted by Gasteiger charge is -2.16. The minimum absolute atomic E-state index is 0.0649. The Morgan fingerprint density at radius 3 is 2.33 bits per heavy atom. The molecule has 3 rings (SSSR count). The fourth-order valence-corrected chi connectivity index (χ4v) is 2.42. The van der Waals surface area contributed by atoms with Gasteiger partial charge in [-0.05, 0) is 22.8 Å². The molecule has 0 radical (unpaired) electrons. The first kappa shape index (κ1) is 18.6. The molecule has 0 aliphatic carbocycles. The van der Waals surface area contributed by atoms with E-state index in [4.69, 9.17) is 0 Å². The maximum absolute atomic E-state index is 13.0. The zero-order valence-electron chi connectivity index (χ0n) is 14.8. The molecule has 2 heterocycles. The molecule has 27 heavy (non-hydrogen) atoms. The summed E-state index contributed by atoms with van der Waals surface area (Å²) in [5.41, 5.74) is 1.93. The molecule has 0 aliphatic rings. The quantitative estimate of drug-likeness (QED) is 0.725. The van der Waals surface area contributed by atoms with Gasteiger partial charge in [-0.15, -0.1) is 0 Å². The molecule has 2 aromatic heterocycles. The van der Waals surface area contributed by atoms with E-state index in [0.717, 1.165) is 22.8 Å². The number of anilines is 2. The van der Waals surface area contributed by atoms with E-state index in [9.17, 15) is 13.2 Å². The lowest BCUT2D eigenvalue weighted by molar-refractivity contribution is -0.141. The van der Waals surface area contributed by atoms with Crippen molar-refractivity contribution in [3.8, 4) is 11.1 Å². The lowest BCUT2D eigenvalue weighted by Crippen LogP contribution is -2.17. The molecule has 0 saturated heterocycles. The Labute approximate surface area is 154 Å². The third kappa shape index (κ3) is 4.72. The molecule has 0 aliphatic heterocycles. The average Bonchev–Trinajstić information content (AvgIpc) is 2.66. The van der Waals surface area contributed by atoms with Crippen LogP contribution >= 0.6 is 0 Å². The number of alkyl halides is 3. The number of nitrogens with zero attached hydrogens (tertiary/aromatic N) is 4. The average molecular weight is 373 g/mol. The van der Waals surface area contributed by atoms with Gasteiger partial charge >= 0.3 is 6.18 Å². The second-order valence-electron chi connectivity index (χ2n) is 6.12. The van der Waals surface area contributed by atoms with Crippen LogP contribution in [-0.4, -0.2) is 29.0 Å². The third-order valence-electron chi connectivity index (χ3n) is 3.86. The number of aromatic nitrogens is 3. The molecule has 1 aromatic carbocycles. The van der Waals surface area contributed by atoms with Crippen molar-refractivity contribution in [2.24, 2.45) is 0 Å². The van der Waals surface area contributed by atoms with Gasteiger partial charge in [-0.25, -0.2) is 4.98 Å². The topological polar surface area (TPSA) is 53.9 Å². The van der Waals surface area contributed by atoms with Crippen LogP contribution in [0.4, 0.5) is 24.9 Å². The van der Waals surface area contributed by atoms with Gasteiger partial charge in [-0.3, -0.25) is 4.98 Å². The molecule has 0 fully saturated rings. The van der Waals surface area contributed by atoms with Crippen LogP contribution < -0.4 is 10.2 Å². The summed E-state index contributed by atoms with van der Waals surface area (Å²) in [5.74, 6) is 0.122. The van der Waals surface area contributed by atoms with Crippen molar-refractivity contribution in [2.75, 3.05) is 24.3 Å². The van der Waals surface area contributed by atoms with Crippen LogP contribution in [0.15, 0.2) is 54.9 Å². The number of nitrogens with one attached hydrogen (secondary N) is 1. The van der Waals surface area contributed by atoms with Crippen LogP contribution in [0.1, 0.15) is 11.3 Å². The van der Waals surface area contributed by atoms with Crippen molar-refractivity contribution >= 4 is 11.8 Å². The van der Waals surface area contributed by atoms with Crippen molar-refractivity contribution < 1.29 is 13.2 Å². The van der Waals surface area contributed by atoms with Crippen LogP contribution in [0, 0.1) is 0 Å². The molecule has 0 unspecified atom stereocenters. The highest BCUT2D eigenvalue weighted by molar-refractivity contribution is 5.62. The van der Waals surface area contributed by atoms with Gasteiger partial charge in [0.15, 0.2) is 5.69 Å². The van der Waals surface area contributed by atoms with Gasteiger partial charge in [-0.1, -0.05) is 30.3 Å². The van der Waals surface area contributed by atoms with Crippen molar-refractivity contribution in [1.29, 1.82) is 0 Å². The van der Waals surface area contributed by atoms with Crippen LogP contribution in [0.3, 0.4) is 0 Å². The van der Waals surface area contributed by atoms with E-state index in [1.165, 1.54) is 4.90 Å². The minimum atomic E-state index is -4.53. The van der Waals surface area contributed by atoms with Gasteiger partial charge in [0.05, 0.1) is 0 Å². The Morgan fingerprint density at radius 1 is 1.00 bits per heavy atom. The van der Waals surface area contributed by atoms with E-state index < -0.39 is 11.9 Å². The summed E-state index contributed by atoms with van der Waals surface area (Å²) in [6.45, 7) is 0.307. The maximum atomic E-state index is 13.0. The highest BCUT2D eigenvalue weighted by atomic mass is 19.4. The highest BCUT2D eigenvalue weighted by Crippen LogP contribution is 2.30. The summed E-state index contributed by atoms with van der Waals surface area (Å²) in [6, 6.07) is 12.4. The molecular weight excluding hydrogens is 355 g/mol. The normalized spacial score (nSPS) is 11.3. The first-order chi connectivity index (χ1) is 12.8. The van der Waals surface area contributed by atoms with Gasteiger partial charge in [0.2, 0.25) is 5.95 Å². The Kier molecular flexibility index (Phi) is 5.25. The predicted octanol–water partition coefficient (Wildman–Crippen LogP) is 4.24. The summed E-state index contributed by atoms with van der Waals surface area (Å²) < 4.78 is 39.1. The lowest BCUT2D eigenvalue weighted by atomic mass is 10.1. The largest absolute Gasteiger partial charge is 0.433 e. The number of pyridine rings is 1. The van der Waals surface area contributed by atoms with Gasteiger partial charge in [0.25, 0.3) is 0 Å². The Bertz CT molecular complexity index is 893. The van der Waals surface area contributed by atoms with Crippen molar-refractivity contribution in [2.45, 2.75) is 12.7 Å². The fraction of sp³-hybridized carbons (Fsp3) is 0.211. The number of hydrogen-bond acceptors (Lipinski definition) is 5. The van der Waals surface area contributed by atoms with E-state index in [1.807, 2.05) is 36.4 Å². The molecule has 140 valence electrons. The molecular formula is C19H18F3N5. The summed E-state index contributed by atoms with van der Waals surface area (Å²) in [6.07, 6.45) is -1.05. The van der Waals surface area contributed by atoms with Gasteiger partial charge < -0.3 is 10.2 Å². The first-order valence-corrected chi connectivity index (χ1v) is 8.20. The van der Waals surface area contributed by atoms with Gasteiger partial charge in [-0.2, -0.15) is 18.2 Å². The number of rotatable bonds is 5. The van der Waals surface area contributed by atoms with E-state index in [2.05, 4.69) is 20.3 Å². The summed E-state index contributed by atoms with van der Waals surface area (Å²) >= 11 is 0. The summed E-state index contributed by atoms with van der Waals surface area (Å²) in [5, 5.41) is 2.87. The SMILES string of the molecule is CN(C)c1cc(C(F)(F)F)nc(NCc2ccc(-c3cccnc3)cc2)n1. The van der Waals surface area contributed by atoms with Gasteiger partial charge in [0.1, 0.15) is 5.82 Å². The number of benzene rings is 1. The molecule has 0 amide bonds. The number of hydrogen-bond donors (Lipinski definition) is 1. The van der Waals surface area contributed by atoms with Crippen molar-refractivity contribution in [1.82, 2.24) is 15.0 Å². The zero-order valence-corrected chi connectivity index (χ0v) is 14.8. The van der Waals surface area contributed by atoms with Crippen molar-refractivity contribution in [3.05, 3.63) is 66.1 Å². The maximum Gasteiger partial charge on any atom is 0.433 e. The molecule has 3 aromatic rings. The highest BCUT2D eigenvalue weighted by Gasteiger charge is 2.34. The van der Waals surface area contributed by atoms with Crippen LogP contribution in [0.5, 0.6) is 0 Å². The molecule has 0 bridgehead atoms. The molecule has 1 N–H and O–H groups in total. The smallest absolute Gasteiger partial charge is 0.363 e. The van der Waals surface area contributed by atoms with Crippen molar-refractivity contribution in [3.63, 3.8) is 0 Å². The molecule has 0 saturated carbocycles. The van der Waals surface area contributed by atoms with E-state index >= 15 is 0 Å². The second kappa shape index (κ2) is 7.61. The standard InChI is InChI=1S/C19H18F3N5/c1-27(2)17-10-16(19(20,21)22)25-18(26-17)24-11-13-5-7-14(8-6-13)15-4-3-9-23-12-15/h3-10,12H,11H2,1-2H3,(H,24,25,26). The second-order valence-corrected chi connectivity index (χ2v) is 6.12. The van der Waals surface area contributed by atoms with Crippen LogP contribution in [-0.2, 0) is 12.7 Å². The van der Waals surface area contributed by atoms with Crippen LogP contribution in [0.25, 0.3) is 11.1 Å². The number of halogens is 3. The molecule has 8 heteroatoms. The van der Waals surface area contributed by atoms with Crippen LogP contribution in [0.2, 0.25) is 0 Å². The molecule has 5 nitrogen and oxygen atoms in total. The third-order valence-corrected chi connectivity index (χ3v) is 3.86. The Balaban J connectivity index is 1.75. The minimum Gasteiger partial charge on any atom is -0.363 e. The van der Waals surface area contributed by atoms with E-state index in [-0.39, 0.29) is 11.8 Å². The Hall–Kier alpha value is -3.16. The fourth-order valence-electron chi connectivity index (χ4n) is 2.42. The zero-order chi connectivity index (χ0) is 19.4. The summed E-state index contributed by atoms with van der Waals surface area (Å²) in [4.78, 5) is 13.3. The predicted molar refractivity (Wildman–Crippen MR) is 98.4 cm³/mol. The molecule has 0 atom stereocenters. The Morgan fingerprint density at radius 2 is 1.74 bits per heavy atom. The summed E-state index contributed by atoms with van der Waals surface area (Å²) in [7, 11) is 3.26. The van der Waals surface area contributed by atoms with E-state index in [0.29, 0.717) is 6.54 Å². The van der Waals surface area contributed by atoms with E-state index in [1.54, 1.807) is 26.5 Å².